The number of rotatable bonds is 6. The Morgan fingerprint density at radius 3 is 2.37 bits per heavy atom. The number of benzene rings is 3. The van der Waals surface area contributed by atoms with E-state index in [9.17, 15) is 9.59 Å². The quantitative estimate of drug-likeness (QED) is 0.350. The van der Waals surface area contributed by atoms with Gasteiger partial charge in [-0.05, 0) is 48.5 Å². The van der Waals surface area contributed by atoms with Crippen molar-refractivity contribution in [3.8, 4) is 0 Å². The molecule has 0 atom stereocenters. The Morgan fingerprint density at radius 2 is 1.60 bits per heavy atom. The second-order valence-electron chi connectivity index (χ2n) is 6.04. The van der Waals surface area contributed by atoms with Gasteiger partial charge in [-0.3, -0.25) is 9.59 Å². The van der Waals surface area contributed by atoms with Gasteiger partial charge < -0.3 is 10.6 Å². The molecule has 0 radical (unpaired) electrons. The van der Waals surface area contributed by atoms with Crippen LogP contribution in [0.2, 0.25) is 20.1 Å². The SMILES string of the molecule is O=C(CSc1cccc(NC(=O)c2ccc(Cl)cc2Cl)c1)Nc1cccc(Cl)c1Cl. The number of carbonyl (C=O) groups excluding carboxylic acids is 2. The van der Waals surface area contributed by atoms with Gasteiger partial charge in [0.15, 0.2) is 0 Å². The molecule has 2 N–H and O–H groups in total. The molecule has 0 aromatic heterocycles. The summed E-state index contributed by atoms with van der Waals surface area (Å²) in [5, 5.41) is 6.89. The number of amides is 2. The number of hydrogen-bond donors (Lipinski definition) is 2. The number of nitrogens with one attached hydrogen (secondary N) is 2. The summed E-state index contributed by atoms with van der Waals surface area (Å²) in [5.74, 6) is -0.429. The lowest BCUT2D eigenvalue weighted by Gasteiger charge is -2.10. The normalized spacial score (nSPS) is 10.5. The molecule has 4 nitrogen and oxygen atoms in total. The topological polar surface area (TPSA) is 58.2 Å². The first-order chi connectivity index (χ1) is 14.3. The maximum absolute atomic E-state index is 12.5. The van der Waals surface area contributed by atoms with Crippen LogP contribution in [0.3, 0.4) is 0 Å². The first kappa shape index (κ1) is 22.8. The molecule has 0 saturated carbocycles. The third-order valence-corrected chi connectivity index (χ3v) is 6.22. The summed E-state index contributed by atoms with van der Waals surface area (Å²) in [4.78, 5) is 25.5. The van der Waals surface area contributed by atoms with Crippen molar-refractivity contribution in [1.82, 2.24) is 0 Å². The summed E-state index contributed by atoms with van der Waals surface area (Å²) in [6.07, 6.45) is 0. The molecule has 3 aromatic carbocycles. The van der Waals surface area contributed by atoms with Crippen molar-refractivity contribution in [3.05, 3.63) is 86.3 Å². The molecule has 9 heteroatoms. The van der Waals surface area contributed by atoms with Crippen LogP contribution in [-0.2, 0) is 4.79 Å². The average Bonchev–Trinajstić information content (AvgIpc) is 2.70. The van der Waals surface area contributed by atoms with Gasteiger partial charge in [0.25, 0.3) is 5.91 Å². The fraction of sp³-hybridized carbons (Fsp3) is 0.0476. The first-order valence-corrected chi connectivity index (χ1v) is 11.1. The smallest absolute Gasteiger partial charge is 0.257 e. The Bertz CT molecular complexity index is 1110. The van der Waals surface area contributed by atoms with Crippen molar-refractivity contribution in [3.63, 3.8) is 0 Å². The van der Waals surface area contributed by atoms with Crippen molar-refractivity contribution in [2.45, 2.75) is 4.90 Å². The third-order valence-electron chi connectivity index (χ3n) is 3.86. The van der Waals surface area contributed by atoms with E-state index in [1.54, 1.807) is 48.5 Å². The maximum Gasteiger partial charge on any atom is 0.257 e. The number of carbonyl (C=O) groups is 2. The molecular formula is C21H14Cl4N2O2S. The van der Waals surface area contributed by atoms with Gasteiger partial charge in [0, 0.05) is 15.6 Å². The highest BCUT2D eigenvalue weighted by atomic mass is 35.5. The van der Waals surface area contributed by atoms with Crippen molar-refractivity contribution < 1.29 is 9.59 Å². The molecule has 0 saturated heterocycles. The van der Waals surface area contributed by atoms with Crippen molar-refractivity contribution >= 4 is 81.4 Å². The first-order valence-electron chi connectivity index (χ1n) is 8.56. The zero-order valence-electron chi connectivity index (χ0n) is 15.2. The number of halogens is 4. The van der Waals surface area contributed by atoms with Gasteiger partial charge in [-0.15, -0.1) is 11.8 Å². The van der Waals surface area contributed by atoms with Crippen LogP contribution in [-0.4, -0.2) is 17.6 Å². The molecule has 3 rings (SSSR count). The Hall–Kier alpha value is -1.89. The van der Waals surface area contributed by atoms with Gasteiger partial charge in [-0.2, -0.15) is 0 Å². The molecule has 0 aliphatic rings. The molecule has 30 heavy (non-hydrogen) atoms. The molecule has 0 heterocycles. The molecule has 0 aliphatic heterocycles. The lowest BCUT2D eigenvalue weighted by molar-refractivity contribution is -0.113. The van der Waals surface area contributed by atoms with Crippen LogP contribution in [0.4, 0.5) is 11.4 Å². The highest BCUT2D eigenvalue weighted by molar-refractivity contribution is 8.00. The zero-order valence-corrected chi connectivity index (χ0v) is 19.1. The van der Waals surface area contributed by atoms with E-state index >= 15 is 0 Å². The molecule has 154 valence electrons. The third kappa shape index (κ3) is 6.06. The summed E-state index contributed by atoms with van der Waals surface area (Å²) < 4.78 is 0. The number of hydrogen-bond acceptors (Lipinski definition) is 3. The molecule has 2 amide bonds. The predicted octanol–water partition coefficient (Wildman–Crippen LogP) is 7.28. The van der Waals surface area contributed by atoms with Gasteiger partial charge in [0.05, 0.1) is 32.1 Å². The van der Waals surface area contributed by atoms with E-state index in [2.05, 4.69) is 10.6 Å². The average molecular weight is 500 g/mol. The highest BCUT2D eigenvalue weighted by Crippen LogP contribution is 2.30. The van der Waals surface area contributed by atoms with E-state index in [1.165, 1.54) is 17.8 Å². The Morgan fingerprint density at radius 1 is 0.833 bits per heavy atom. The minimum Gasteiger partial charge on any atom is -0.324 e. The number of thioether (sulfide) groups is 1. The second kappa shape index (κ2) is 10.4. The predicted molar refractivity (Wildman–Crippen MR) is 127 cm³/mol. The molecule has 0 bridgehead atoms. The monoisotopic (exact) mass is 498 g/mol. The molecule has 0 fully saturated rings. The van der Waals surface area contributed by atoms with Gasteiger partial charge in [-0.1, -0.05) is 58.5 Å². The van der Waals surface area contributed by atoms with E-state index in [4.69, 9.17) is 46.4 Å². The van der Waals surface area contributed by atoms with E-state index in [1.807, 2.05) is 6.07 Å². The van der Waals surface area contributed by atoms with E-state index < -0.39 is 0 Å². The van der Waals surface area contributed by atoms with Crippen molar-refractivity contribution in [1.29, 1.82) is 0 Å². The highest BCUT2D eigenvalue weighted by Gasteiger charge is 2.12. The van der Waals surface area contributed by atoms with E-state index in [0.717, 1.165) is 4.90 Å². The molecule has 0 aliphatic carbocycles. The zero-order chi connectivity index (χ0) is 21.7. The number of anilines is 2. The molecule has 0 spiro atoms. The summed E-state index contributed by atoms with van der Waals surface area (Å²) in [7, 11) is 0. The lowest BCUT2D eigenvalue weighted by Crippen LogP contribution is -2.14. The summed E-state index contributed by atoms with van der Waals surface area (Å²) in [5.41, 5.74) is 1.35. The Kier molecular flexibility index (Phi) is 7.92. The Balaban J connectivity index is 1.60. The van der Waals surface area contributed by atoms with Crippen LogP contribution in [0.5, 0.6) is 0 Å². The summed E-state index contributed by atoms with van der Waals surface area (Å²) in [6, 6.07) is 16.8. The minimum absolute atomic E-state index is 0.156. The van der Waals surface area contributed by atoms with Crippen molar-refractivity contribution in [2.24, 2.45) is 0 Å². The van der Waals surface area contributed by atoms with Crippen LogP contribution >= 0.6 is 58.2 Å². The summed E-state index contributed by atoms with van der Waals surface area (Å²) >= 11 is 25.3. The lowest BCUT2D eigenvalue weighted by atomic mass is 10.2. The minimum atomic E-state index is -0.354. The standard InChI is InChI=1S/C21H14Cl4N2O2S/c22-12-7-8-15(17(24)9-12)21(29)26-13-3-1-4-14(10-13)30-11-19(28)27-18-6-2-5-16(23)20(18)25/h1-10H,11H2,(H,26,29)(H,27,28). The Labute approximate surface area is 197 Å². The maximum atomic E-state index is 12.5. The molecular weight excluding hydrogens is 486 g/mol. The van der Waals surface area contributed by atoms with E-state index in [-0.39, 0.29) is 22.6 Å². The van der Waals surface area contributed by atoms with Crippen LogP contribution in [0.25, 0.3) is 0 Å². The fourth-order valence-electron chi connectivity index (χ4n) is 2.47. The fourth-order valence-corrected chi connectivity index (χ4v) is 4.07. The van der Waals surface area contributed by atoms with Gasteiger partial charge in [0.2, 0.25) is 5.91 Å². The second-order valence-corrected chi connectivity index (χ2v) is 8.72. The van der Waals surface area contributed by atoms with Crippen LogP contribution in [0.15, 0.2) is 65.6 Å². The van der Waals surface area contributed by atoms with Crippen molar-refractivity contribution in [2.75, 3.05) is 16.4 Å². The van der Waals surface area contributed by atoms with Gasteiger partial charge >= 0.3 is 0 Å². The summed E-state index contributed by atoms with van der Waals surface area (Å²) in [6.45, 7) is 0. The largest absolute Gasteiger partial charge is 0.324 e. The van der Waals surface area contributed by atoms with E-state index in [0.29, 0.717) is 32.0 Å². The molecule has 0 unspecified atom stereocenters. The van der Waals surface area contributed by atoms with Crippen LogP contribution in [0, 0.1) is 0 Å². The van der Waals surface area contributed by atoms with Gasteiger partial charge in [0.1, 0.15) is 0 Å². The molecule has 3 aromatic rings. The van der Waals surface area contributed by atoms with Crippen LogP contribution < -0.4 is 10.6 Å². The van der Waals surface area contributed by atoms with Gasteiger partial charge in [-0.25, -0.2) is 0 Å². The van der Waals surface area contributed by atoms with Crippen LogP contribution in [0.1, 0.15) is 10.4 Å².